The van der Waals surface area contributed by atoms with Crippen molar-refractivity contribution >= 4 is 79.5 Å². The Morgan fingerprint density at radius 3 is 2.37 bits per heavy atom. The lowest BCUT2D eigenvalue weighted by atomic mass is 10.3. The molecule has 0 bridgehead atoms. The topological polar surface area (TPSA) is 78.5 Å². The molecule has 1 amide bonds. The number of rotatable bonds is 5. The molecule has 1 saturated heterocycles. The van der Waals surface area contributed by atoms with Gasteiger partial charge in [0.2, 0.25) is 10.0 Å². The molecule has 2 aromatic rings. The van der Waals surface area contributed by atoms with Crippen LogP contribution in [0.2, 0.25) is 15.1 Å². The lowest BCUT2D eigenvalue weighted by Crippen LogP contribution is -2.39. The number of nitrogens with one attached hydrogen (secondary N) is 2. The molecule has 0 radical (unpaired) electrons. The van der Waals surface area contributed by atoms with Gasteiger partial charge in [-0.3, -0.25) is 15.6 Å². The molecule has 1 aliphatic heterocycles. The molecule has 0 aliphatic carbocycles. The maximum Gasteiger partial charge on any atom is 0.281 e. The number of hydrazine groups is 1. The smallest absolute Gasteiger partial charge is 0.281 e. The van der Waals surface area contributed by atoms with Crippen molar-refractivity contribution in [2.45, 2.75) is 4.90 Å². The van der Waals surface area contributed by atoms with E-state index in [0.29, 0.717) is 18.1 Å². The number of halogens is 3. The number of thiophene rings is 1. The highest BCUT2D eigenvalue weighted by Crippen LogP contribution is 2.33. The van der Waals surface area contributed by atoms with Gasteiger partial charge >= 0.3 is 0 Å². The van der Waals surface area contributed by atoms with Gasteiger partial charge in [-0.15, -0.1) is 11.3 Å². The second kappa shape index (κ2) is 8.77. The molecule has 27 heavy (non-hydrogen) atoms. The number of thioether (sulfide) groups is 1. The van der Waals surface area contributed by atoms with Gasteiger partial charge in [0.05, 0.1) is 15.7 Å². The Labute approximate surface area is 180 Å². The normalized spacial score (nSPS) is 15.5. The first-order valence-electron chi connectivity index (χ1n) is 7.67. The van der Waals surface area contributed by atoms with Crippen molar-refractivity contribution in [2.75, 3.05) is 30.0 Å². The number of carbonyl (C=O) groups excluding carboxylic acids is 1. The van der Waals surface area contributed by atoms with Crippen LogP contribution in [0, 0.1) is 0 Å². The van der Waals surface area contributed by atoms with Crippen LogP contribution in [-0.4, -0.2) is 43.2 Å². The lowest BCUT2D eigenvalue weighted by Gasteiger charge is -2.25. The summed E-state index contributed by atoms with van der Waals surface area (Å²) in [5.41, 5.74) is 5.34. The highest BCUT2D eigenvalue weighted by Gasteiger charge is 2.31. The summed E-state index contributed by atoms with van der Waals surface area (Å²) in [4.78, 5) is 12.6. The molecule has 146 valence electrons. The Morgan fingerprint density at radius 1 is 1.11 bits per heavy atom. The summed E-state index contributed by atoms with van der Waals surface area (Å²) in [6.45, 7) is 0.857. The summed E-state index contributed by atoms with van der Waals surface area (Å²) in [6.07, 6.45) is 0. The highest BCUT2D eigenvalue weighted by atomic mass is 35.5. The first kappa shape index (κ1) is 21.0. The Kier molecular flexibility index (Phi) is 6.83. The zero-order valence-electron chi connectivity index (χ0n) is 13.7. The second-order valence-electron chi connectivity index (χ2n) is 5.45. The van der Waals surface area contributed by atoms with E-state index in [-0.39, 0.29) is 25.5 Å². The number of benzene rings is 1. The molecule has 0 unspecified atom stereocenters. The van der Waals surface area contributed by atoms with E-state index >= 15 is 0 Å². The van der Waals surface area contributed by atoms with Crippen LogP contribution < -0.4 is 10.9 Å². The first-order valence-corrected chi connectivity index (χ1v) is 12.3. The maximum absolute atomic E-state index is 12.9. The average Bonchev–Trinajstić information content (AvgIpc) is 3.12. The van der Waals surface area contributed by atoms with Gasteiger partial charge in [0, 0.05) is 29.6 Å². The van der Waals surface area contributed by atoms with Crippen LogP contribution in [0.4, 0.5) is 5.69 Å². The summed E-state index contributed by atoms with van der Waals surface area (Å²) < 4.78 is 27.1. The third kappa shape index (κ3) is 4.67. The zero-order chi connectivity index (χ0) is 19.6. The van der Waals surface area contributed by atoms with Crippen LogP contribution in [0.3, 0.4) is 0 Å². The van der Waals surface area contributed by atoms with Crippen LogP contribution in [-0.2, 0) is 10.0 Å². The fraction of sp³-hybridized carbons (Fsp3) is 0.267. The molecule has 0 spiro atoms. The van der Waals surface area contributed by atoms with Gasteiger partial charge in [-0.25, -0.2) is 8.42 Å². The van der Waals surface area contributed by atoms with Gasteiger partial charge in [-0.2, -0.15) is 16.1 Å². The molecular weight excluding hydrogens is 473 g/mol. The van der Waals surface area contributed by atoms with Gasteiger partial charge < -0.3 is 0 Å². The predicted octanol–water partition coefficient (Wildman–Crippen LogP) is 4.20. The summed E-state index contributed by atoms with van der Waals surface area (Å²) in [7, 11) is -3.73. The van der Waals surface area contributed by atoms with Crippen molar-refractivity contribution in [3.8, 4) is 0 Å². The van der Waals surface area contributed by atoms with Gasteiger partial charge in [-0.1, -0.05) is 34.8 Å². The number of sulfonamides is 1. The van der Waals surface area contributed by atoms with Gasteiger partial charge in [-0.05, 0) is 23.6 Å². The molecule has 1 aliphatic rings. The quantitative estimate of drug-likeness (QED) is 0.619. The van der Waals surface area contributed by atoms with E-state index < -0.39 is 15.9 Å². The van der Waals surface area contributed by atoms with Gasteiger partial charge in [0.25, 0.3) is 5.91 Å². The largest absolute Gasteiger partial charge is 0.295 e. The van der Waals surface area contributed by atoms with Crippen LogP contribution >= 0.6 is 57.9 Å². The minimum atomic E-state index is -3.73. The standard InChI is InChI=1S/C15H14Cl3N3O3S3/c16-9-7-10(17)13(11(18)8-9)19-20-15(22)14-12(1-4-26-14)27(23,24)21-2-5-25-6-3-21/h1,4,7-8,19H,2-3,5-6H2,(H,20,22). The highest BCUT2D eigenvalue weighted by molar-refractivity contribution is 7.99. The molecule has 6 nitrogen and oxygen atoms in total. The fourth-order valence-corrected chi connectivity index (χ4v) is 7.21. The van der Waals surface area contributed by atoms with Crippen molar-refractivity contribution in [3.05, 3.63) is 43.5 Å². The molecule has 0 saturated carbocycles. The van der Waals surface area contributed by atoms with Crippen LogP contribution in [0.15, 0.2) is 28.5 Å². The minimum Gasteiger partial charge on any atom is -0.295 e. The number of nitrogens with zero attached hydrogens (tertiary/aromatic N) is 1. The summed E-state index contributed by atoms with van der Waals surface area (Å²) >= 11 is 20.7. The SMILES string of the molecule is O=C(NNc1c(Cl)cc(Cl)cc1Cl)c1sccc1S(=O)(=O)N1CCSCC1. The van der Waals surface area contributed by atoms with E-state index in [9.17, 15) is 13.2 Å². The molecule has 1 aromatic heterocycles. The van der Waals surface area contributed by atoms with Crippen molar-refractivity contribution in [1.29, 1.82) is 0 Å². The van der Waals surface area contributed by atoms with Crippen LogP contribution in [0.25, 0.3) is 0 Å². The number of hydrogen-bond donors (Lipinski definition) is 2. The van der Waals surface area contributed by atoms with E-state index in [2.05, 4.69) is 10.9 Å². The zero-order valence-corrected chi connectivity index (χ0v) is 18.4. The van der Waals surface area contributed by atoms with E-state index in [0.717, 1.165) is 22.8 Å². The third-order valence-corrected chi connectivity index (χ3v) is 8.47. The maximum atomic E-state index is 12.9. The number of hydrogen-bond acceptors (Lipinski definition) is 6. The van der Waals surface area contributed by atoms with Crippen molar-refractivity contribution in [2.24, 2.45) is 0 Å². The molecule has 12 heteroatoms. The monoisotopic (exact) mass is 485 g/mol. The summed E-state index contributed by atoms with van der Waals surface area (Å²) in [6, 6.07) is 4.39. The van der Waals surface area contributed by atoms with Gasteiger partial charge in [0.1, 0.15) is 9.77 Å². The Hall–Kier alpha value is -0.680. The van der Waals surface area contributed by atoms with Crippen LogP contribution in [0.1, 0.15) is 9.67 Å². The van der Waals surface area contributed by atoms with Crippen molar-refractivity contribution < 1.29 is 13.2 Å². The average molecular weight is 487 g/mol. The van der Waals surface area contributed by atoms with E-state index in [1.807, 2.05) is 0 Å². The Balaban J connectivity index is 1.78. The summed E-state index contributed by atoms with van der Waals surface area (Å²) in [5, 5.41) is 2.37. The molecule has 1 fully saturated rings. The van der Waals surface area contributed by atoms with E-state index in [1.165, 1.54) is 22.5 Å². The Bertz CT molecular complexity index is 936. The third-order valence-electron chi connectivity index (χ3n) is 3.73. The Morgan fingerprint density at radius 2 is 1.74 bits per heavy atom. The number of carbonyl (C=O) groups is 1. The predicted molar refractivity (Wildman–Crippen MR) is 113 cm³/mol. The van der Waals surface area contributed by atoms with E-state index in [4.69, 9.17) is 34.8 Å². The number of amides is 1. The molecule has 3 rings (SSSR count). The fourth-order valence-electron chi connectivity index (χ4n) is 2.43. The molecule has 0 atom stereocenters. The van der Waals surface area contributed by atoms with Gasteiger partial charge in [0.15, 0.2) is 0 Å². The molecule has 2 N–H and O–H groups in total. The molecule has 1 aromatic carbocycles. The van der Waals surface area contributed by atoms with E-state index in [1.54, 1.807) is 17.1 Å². The molecule has 2 heterocycles. The van der Waals surface area contributed by atoms with Crippen molar-refractivity contribution in [1.82, 2.24) is 9.73 Å². The number of anilines is 1. The van der Waals surface area contributed by atoms with Crippen molar-refractivity contribution in [3.63, 3.8) is 0 Å². The molecular formula is C15H14Cl3N3O3S3. The van der Waals surface area contributed by atoms with Crippen LogP contribution in [0.5, 0.6) is 0 Å². The minimum absolute atomic E-state index is 0.00741. The first-order chi connectivity index (χ1) is 12.8. The second-order valence-corrected chi connectivity index (χ2v) is 10.8. The summed E-state index contributed by atoms with van der Waals surface area (Å²) in [5.74, 6) is 0.872. The lowest BCUT2D eigenvalue weighted by molar-refractivity contribution is 0.0963.